The summed E-state index contributed by atoms with van der Waals surface area (Å²) in [5, 5.41) is -0.294. The lowest BCUT2D eigenvalue weighted by Gasteiger charge is -2.15. The lowest BCUT2D eigenvalue weighted by Crippen LogP contribution is -2.32. The van der Waals surface area contributed by atoms with E-state index in [-0.39, 0.29) is 24.3 Å². The predicted octanol–water partition coefficient (Wildman–Crippen LogP) is 7.21. The third kappa shape index (κ3) is 6.59. The molecule has 0 bridgehead atoms. The molecule has 5 nitrogen and oxygen atoms in total. The SMILES string of the molecule is Cc1ccc(C)c(OCCN2C(=O)S/C(=C\c3cc(I)cc(I)c3OCc3ccccc3)C2=O)c1. The first-order chi connectivity index (χ1) is 16.8. The fourth-order valence-electron chi connectivity index (χ4n) is 3.51. The van der Waals surface area contributed by atoms with Crippen LogP contribution in [0.5, 0.6) is 11.5 Å². The van der Waals surface area contributed by atoms with E-state index in [4.69, 9.17) is 9.47 Å². The molecule has 2 amide bonds. The number of amides is 2. The second-order valence-electron chi connectivity index (χ2n) is 8.03. The first-order valence-corrected chi connectivity index (χ1v) is 13.9. The Kier molecular flexibility index (Phi) is 8.77. The lowest BCUT2D eigenvalue weighted by atomic mass is 10.1. The van der Waals surface area contributed by atoms with Gasteiger partial charge in [-0.25, -0.2) is 0 Å². The molecule has 0 unspecified atom stereocenters. The Balaban J connectivity index is 1.49. The summed E-state index contributed by atoms with van der Waals surface area (Å²) in [6.45, 7) is 4.81. The van der Waals surface area contributed by atoms with Gasteiger partial charge in [-0.1, -0.05) is 42.5 Å². The molecule has 1 fully saturated rings. The van der Waals surface area contributed by atoms with E-state index in [9.17, 15) is 9.59 Å². The van der Waals surface area contributed by atoms with Crippen LogP contribution in [0, 0.1) is 21.0 Å². The van der Waals surface area contributed by atoms with E-state index in [0.29, 0.717) is 17.3 Å². The molecule has 1 saturated heterocycles. The number of hydrogen-bond donors (Lipinski definition) is 0. The van der Waals surface area contributed by atoms with Gasteiger partial charge in [0.1, 0.15) is 24.7 Å². The molecule has 1 heterocycles. The Morgan fingerprint density at radius 2 is 1.74 bits per heavy atom. The van der Waals surface area contributed by atoms with Crippen molar-refractivity contribution in [3.05, 3.63) is 95.0 Å². The van der Waals surface area contributed by atoms with Gasteiger partial charge in [0.05, 0.1) is 15.0 Å². The summed E-state index contributed by atoms with van der Waals surface area (Å²) in [6, 6.07) is 19.9. The van der Waals surface area contributed by atoms with Crippen molar-refractivity contribution in [2.24, 2.45) is 0 Å². The predicted molar refractivity (Wildman–Crippen MR) is 157 cm³/mol. The Labute approximate surface area is 236 Å². The van der Waals surface area contributed by atoms with Gasteiger partial charge >= 0.3 is 0 Å². The van der Waals surface area contributed by atoms with E-state index < -0.39 is 0 Å². The van der Waals surface area contributed by atoms with Gasteiger partial charge in [0.2, 0.25) is 0 Å². The number of carbonyl (C=O) groups is 2. The minimum Gasteiger partial charge on any atom is -0.491 e. The molecule has 0 radical (unpaired) electrons. The average molecular weight is 711 g/mol. The highest BCUT2D eigenvalue weighted by molar-refractivity contribution is 14.1. The minimum atomic E-state index is -0.313. The highest BCUT2D eigenvalue weighted by atomic mass is 127. The molecule has 0 saturated carbocycles. The highest BCUT2D eigenvalue weighted by Crippen LogP contribution is 2.36. The Morgan fingerprint density at radius 3 is 2.51 bits per heavy atom. The second kappa shape index (κ2) is 11.8. The maximum Gasteiger partial charge on any atom is 0.293 e. The van der Waals surface area contributed by atoms with E-state index in [1.165, 1.54) is 4.90 Å². The van der Waals surface area contributed by atoms with Gasteiger partial charge < -0.3 is 9.47 Å². The van der Waals surface area contributed by atoms with Crippen molar-refractivity contribution in [2.45, 2.75) is 20.5 Å². The summed E-state index contributed by atoms with van der Waals surface area (Å²) in [6.07, 6.45) is 1.75. The molecule has 35 heavy (non-hydrogen) atoms. The van der Waals surface area contributed by atoms with Crippen molar-refractivity contribution in [1.29, 1.82) is 0 Å². The summed E-state index contributed by atoms with van der Waals surface area (Å²) in [5.74, 6) is 1.15. The van der Waals surface area contributed by atoms with Gasteiger partial charge in [-0.05, 0) is 112 Å². The summed E-state index contributed by atoms with van der Waals surface area (Å²) < 4.78 is 14.0. The average Bonchev–Trinajstić information content (AvgIpc) is 3.08. The van der Waals surface area contributed by atoms with Crippen molar-refractivity contribution in [2.75, 3.05) is 13.2 Å². The number of hydrogen-bond acceptors (Lipinski definition) is 5. The zero-order valence-corrected chi connectivity index (χ0v) is 24.3. The van der Waals surface area contributed by atoms with Crippen molar-refractivity contribution in [1.82, 2.24) is 4.90 Å². The first-order valence-electron chi connectivity index (χ1n) is 10.9. The largest absolute Gasteiger partial charge is 0.491 e. The zero-order chi connectivity index (χ0) is 24.9. The molecule has 1 aliphatic rings. The van der Waals surface area contributed by atoms with Crippen molar-refractivity contribution >= 4 is 74.2 Å². The molecule has 3 aromatic carbocycles. The number of nitrogens with zero attached hydrogens (tertiary/aromatic N) is 1. The quantitative estimate of drug-likeness (QED) is 0.183. The van der Waals surface area contributed by atoms with Crippen LogP contribution in [0.3, 0.4) is 0 Å². The number of aryl methyl sites for hydroxylation is 2. The summed E-state index contributed by atoms with van der Waals surface area (Å²) in [4.78, 5) is 27.3. The van der Waals surface area contributed by atoms with Crippen LogP contribution in [-0.4, -0.2) is 29.2 Å². The van der Waals surface area contributed by atoms with Crippen LogP contribution in [-0.2, 0) is 11.4 Å². The van der Waals surface area contributed by atoms with Crippen molar-refractivity contribution in [3.63, 3.8) is 0 Å². The van der Waals surface area contributed by atoms with Gasteiger partial charge in [0.15, 0.2) is 0 Å². The molecule has 1 aliphatic heterocycles. The van der Waals surface area contributed by atoms with Gasteiger partial charge in [-0.15, -0.1) is 0 Å². The number of benzene rings is 3. The third-order valence-corrected chi connectivity index (χ3v) is 7.67. The normalized spacial score (nSPS) is 14.6. The van der Waals surface area contributed by atoms with E-state index in [0.717, 1.165) is 46.9 Å². The molecule has 180 valence electrons. The van der Waals surface area contributed by atoms with Gasteiger partial charge in [-0.2, -0.15) is 0 Å². The van der Waals surface area contributed by atoms with Crippen LogP contribution < -0.4 is 9.47 Å². The standard InChI is InChI=1S/C27H23I2NO4S/c1-17-8-9-18(2)23(12-17)33-11-10-30-26(31)24(35-27(30)32)14-20-13-21(28)15-22(29)25(20)34-16-19-6-4-3-5-7-19/h3-9,12-15H,10-11,16H2,1-2H3/b24-14-. The molecule has 0 atom stereocenters. The molecule has 0 spiro atoms. The fourth-order valence-corrected chi connectivity index (χ4v) is 6.41. The molecule has 4 rings (SSSR count). The smallest absolute Gasteiger partial charge is 0.293 e. The molecular weight excluding hydrogens is 688 g/mol. The summed E-state index contributed by atoms with van der Waals surface area (Å²) in [7, 11) is 0. The number of rotatable bonds is 8. The van der Waals surface area contributed by atoms with Crippen LogP contribution in [0.4, 0.5) is 4.79 Å². The maximum atomic E-state index is 13.1. The third-order valence-electron chi connectivity index (χ3n) is 5.34. The number of halogens is 2. The van der Waals surface area contributed by atoms with Crippen molar-refractivity contribution in [3.8, 4) is 11.5 Å². The van der Waals surface area contributed by atoms with E-state index in [1.54, 1.807) is 6.08 Å². The fraction of sp³-hybridized carbons (Fsp3) is 0.185. The Bertz CT molecular complexity index is 1290. The monoisotopic (exact) mass is 711 g/mol. The molecule has 0 aliphatic carbocycles. The second-order valence-corrected chi connectivity index (χ2v) is 11.4. The van der Waals surface area contributed by atoms with Crippen molar-refractivity contribution < 1.29 is 19.1 Å². The van der Waals surface area contributed by atoms with Crippen LogP contribution in [0.1, 0.15) is 22.3 Å². The molecule has 8 heteroatoms. The Hall–Kier alpha value is -2.05. The molecular formula is C27H23I2NO4S. The highest BCUT2D eigenvalue weighted by Gasteiger charge is 2.35. The summed E-state index contributed by atoms with van der Waals surface area (Å²) in [5.41, 5.74) is 3.93. The number of ether oxygens (including phenoxy) is 2. The van der Waals surface area contributed by atoms with E-state index >= 15 is 0 Å². The van der Waals surface area contributed by atoms with E-state index in [2.05, 4.69) is 45.2 Å². The van der Waals surface area contributed by atoms with Crippen LogP contribution in [0.25, 0.3) is 6.08 Å². The number of carbonyl (C=O) groups excluding carboxylic acids is 2. The number of imide groups is 1. The molecule has 0 N–H and O–H groups in total. The summed E-state index contributed by atoms with van der Waals surface area (Å²) >= 11 is 5.43. The van der Waals surface area contributed by atoms with Gasteiger partial charge in [-0.3, -0.25) is 14.5 Å². The Morgan fingerprint density at radius 1 is 0.971 bits per heavy atom. The van der Waals surface area contributed by atoms with Crippen LogP contribution in [0.2, 0.25) is 0 Å². The topological polar surface area (TPSA) is 55.8 Å². The maximum absolute atomic E-state index is 13.1. The molecule has 0 aromatic heterocycles. The minimum absolute atomic E-state index is 0.191. The first kappa shape index (κ1) is 26.0. The zero-order valence-electron chi connectivity index (χ0n) is 19.2. The lowest BCUT2D eigenvalue weighted by molar-refractivity contribution is -0.123. The van der Waals surface area contributed by atoms with Crippen LogP contribution in [0.15, 0.2) is 65.6 Å². The van der Waals surface area contributed by atoms with Gasteiger partial charge in [0.25, 0.3) is 11.1 Å². The number of thioether (sulfide) groups is 1. The van der Waals surface area contributed by atoms with E-state index in [1.807, 2.05) is 74.5 Å². The molecule has 3 aromatic rings. The van der Waals surface area contributed by atoms with Crippen LogP contribution >= 0.6 is 56.9 Å². The van der Waals surface area contributed by atoms with Gasteiger partial charge in [0, 0.05) is 9.13 Å².